The molecular formula is C13H18N2O2. The van der Waals surface area contributed by atoms with Crippen LogP contribution < -0.4 is 5.32 Å². The molecule has 1 atom stereocenters. The Morgan fingerprint density at radius 1 is 1.41 bits per heavy atom. The maximum atomic E-state index is 12.1. The number of aliphatic hydroxyl groups is 1. The van der Waals surface area contributed by atoms with E-state index in [9.17, 15) is 9.90 Å². The molecule has 1 heterocycles. The zero-order chi connectivity index (χ0) is 12.3. The summed E-state index contributed by atoms with van der Waals surface area (Å²) in [6.45, 7) is 4.88. The molecule has 1 aliphatic heterocycles. The Hall–Kier alpha value is -1.39. The van der Waals surface area contributed by atoms with Gasteiger partial charge in [-0.1, -0.05) is 29.8 Å². The molecule has 0 spiro atoms. The molecule has 0 saturated carbocycles. The number of carbonyl (C=O) groups is 1. The Labute approximate surface area is 101 Å². The van der Waals surface area contributed by atoms with Crippen molar-refractivity contribution in [2.45, 2.75) is 13.0 Å². The second kappa shape index (κ2) is 5.29. The van der Waals surface area contributed by atoms with E-state index in [1.165, 1.54) is 0 Å². The van der Waals surface area contributed by atoms with Crippen LogP contribution in [-0.4, -0.2) is 42.1 Å². The average molecular weight is 234 g/mol. The standard InChI is InChI=1S/C13H18N2O2/c1-10-3-2-4-11(9-10)12(16)13(17)15-7-5-14-6-8-15/h2-4,9,12,14,16H,5-8H2,1H3. The van der Waals surface area contributed by atoms with E-state index in [4.69, 9.17) is 0 Å². The monoisotopic (exact) mass is 234 g/mol. The van der Waals surface area contributed by atoms with Crippen LogP contribution in [0.15, 0.2) is 24.3 Å². The number of amides is 1. The van der Waals surface area contributed by atoms with Gasteiger partial charge < -0.3 is 15.3 Å². The van der Waals surface area contributed by atoms with Crippen LogP contribution in [0.4, 0.5) is 0 Å². The Kier molecular flexibility index (Phi) is 3.76. The minimum Gasteiger partial charge on any atom is -0.378 e. The van der Waals surface area contributed by atoms with Gasteiger partial charge in [0.2, 0.25) is 0 Å². The lowest BCUT2D eigenvalue weighted by atomic mass is 10.1. The normalized spacial score (nSPS) is 17.9. The molecule has 4 nitrogen and oxygen atoms in total. The largest absolute Gasteiger partial charge is 0.378 e. The highest BCUT2D eigenvalue weighted by molar-refractivity contribution is 5.82. The number of aryl methyl sites for hydroxylation is 1. The summed E-state index contributed by atoms with van der Waals surface area (Å²) in [6, 6.07) is 7.45. The number of nitrogens with zero attached hydrogens (tertiary/aromatic N) is 1. The quantitative estimate of drug-likeness (QED) is 0.781. The van der Waals surface area contributed by atoms with E-state index >= 15 is 0 Å². The molecule has 0 bridgehead atoms. The predicted octanol–water partition coefficient (Wildman–Crippen LogP) is 0.460. The molecule has 1 aromatic rings. The average Bonchev–Trinajstić information content (AvgIpc) is 2.38. The van der Waals surface area contributed by atoms with Gasteiger partial charge in [0, 0.05) is 26.2 Å². The number of nitrogens with one attached hydrogen (secondary N) is 1. The maximum Gasteiger partial charge on any atom is 0.256 e. The van der Waals surface area contributed by atoms with Crippen molar-refractivity contribution in [1.29, 1.82) is 0 Å². The zero-order valence-corrected chi connectivity index (χ0v) is 10.0. The van der Waals surface area contributed by atoms with Crippen molar-refractivity contribution in [3.05, 3.63) is 35.4 Å². The van der Waals surface area contributed by atoms with Crippen LogP contribution in [0.3, 0.4) is 0 Å². The van der Waals surface area contributed by atoms with E-state index in [1.807, 2.05) is 25.1 Å². The SMILES string of the molecule is Cc1cccc(C(O)C(=O)N2CCNCC2)c1. The Bertz CT molecular complexity index is 400. The summed E-state index contributed by atoms with van der Waals surface area (Å²) in [4.78, 5) is 13.8. The molecule has 1 amide bonds. The van der Waals surface area contributed by atoms with Gasteiger partial charge in [0.05, 0.1) is 0 Å². The van der Waals surface area contributed by atoms with Gasteiger partial charge in [0.25, 0.3) is 5.91 Å². The predicted molar refractivity (Wildman–Crippen MR) is 65.6 cm³/mol. The number of rotatable bonds is 2. The highest BCUT2D eigenvalue weighted by Crippen LogP contribution is 2.17. The smallest absolute Gasteiger partial charge is 0.256 e. The maximum absolute atomic E-state index is 12.1. The molecular weight excluding hydrogens is 216 g/mol. The van der Waals surface area contributed by atoms with Crippen LogP contribution >= 0.6 is 0 Å². The topological polar surface area (TPSA) is 52.6 Å². The third-order valence-electron chi connectivity index (χ3n) is 3.02. The van der Waals surface area contributed by atoms with Crippen LogP contribution in [0.2, 0.25) is 0 Å². The van der Waals surface area contributed by atoms with E-state index in [2.05, 4.69) is 5.32 Å². The Morgan fingerprint density at radius 2 is 2.12 bits per heavy atom. The fraction of sp³-hybridized carbons (Fsp3) is 0.462. The third kappa shape index (κ3) is 2.84. The molecule has 17 heavy (non-hydrogen) atoms. The van der Waals surface area contributed by atoms with E-state index in [-0.39, 0.29) is 5.91 Å². The first-order valence-corrected chi connectivity index (χ1v) is 5.92. The Morgan fingerprint density at radius 3 is 2.76 bits per heavy atom. The van der Waals surface area contributed by atoms with Crippen molar-refractivity contribution in [3.63, 3.8) is 0 Å². The molecule has 0 radical (unpaired) electrons. The van der Waals surface area contributed by atoms with Gasteiger partial charge in [-0.15, -0.1) is 0 Å². The summed E-state index contributed by atoms with van der Waals surface area (Å²) in [5.74, 6) is -0.197. The van der Waals surface area contributed by atoms with E-state index in [1.54, 1.807) is 11.0 Å². The Balaban J connectivity index is 2.08. The number of carbonyl (C=O) groups excluding carboxylic acids is 1. The molecule has 1 fully saturated rings. The molecule has 2 N–H and O–H groups in total. The highest BCUT2D eigenvalue weighted by atomic mass is 16.3. The summed E-state index contributed by atoms with van der Waals surface area (Å²) < 4.78 is 0. The lowest BCUT2D eigenvalue weighted by Gasteiger charge is -2.29. The van der Waals surface area contributed by atoms with Crippen LogP contribution in [0.25, 0.3) is 0 Å². The second-order valence-electron chi connectivity index (χ2n) is 4.39. The fourth-order valence-electron chi connectivity index (χ4n) is 2.04. The summed E-state index contributed by atoms with van der Waals surface area (Å²) >= 11 is 0. The molecule has 1 unspecified atom stereocenters. The van der Waals surface area contributed by atoms with Crippen LogP contribution in [0, 0.1) is 6.92 Å². The van der Waals surface area contributed by atoms with E-state index in [0.717, 1.165) is 18.7 Å². The molecule has 4 heteroatoms. The first kappa shape index (κ1) is 12.1. The number of hydrogen-bond acceptors (Lipinski definition) is 3. The number of aliphatic hydroxyl groups excluding tert-OH is 1. The molecule has 1 aliphatic rings. The molecule has 0 aromatic heterocycles. The molecule has 1 saturated heterocycles. The van der Waals surface area contributed by atoms with Crippen molar-refractivity contribution in [2.24, 2.45) is 0 Å². The first-order chi connectivity index (χ1) is 8.18. The van der Waals surface area contributed by atoms with Gasteiger partial charge in [0.15, 0.2) is 6.10 Å². The van der Waals surface area contributed by atoms with Gasteiger partial charge in [-0.3, -0.25) is 4.79 Å². The number of benzene rings is 1. The van der Waals surface area contributed by atoms with Crippen molar-refractivity contribution in [2.75, 3.05) is 26.2 Å². The minimum atomic E-state index is -1.03. The van der Waals surface area contributed by atoms with E-state index < -0.39 is 6.10 Å². The number of piperazine rings is 1. The number of hydrogen-bond donors (Lipinski definition) is 2. The van der Waals surface area contributed by atoms with Crippen molar-refractivity contribution in [3.8, 4) is 0 Å². The van der Waals surface area contributed by atoms with E-state index in [0.29, 0.717) is 18.7 Å². The lowest BCUT2D eigenvalue weighted by Crippen LogP contribution is -2.48. The van der Waals surface area contributed by atoms with Gasteiger partial charge >= 0.3 is 0 Å². The minimum absolute atomic E-state index is 0.197. The molecule has 0 aliphatic carbocycles. The second-order valence-corrected chi connectivity index (χ2v) is 4.39. The van der Waals surface area contributed by atoms with Crippen LogP contribution in [0.5, 0.6) is 0 Å². The van der Waals surface area contributed by atoms with Gasteiger partial charge in [-0.2, -0.15) is 0 Å². The fourth-order valence-corrected chi connectivity index (χ4v) is 2.04. The van der Waals surface area contributed by atoms with Gasteiger partial charge in [-0.05, 0) is 12.5 Å². The third-order valence-corrected chi connectivity index (χ3v) is 3.02. The van der Waals surface area contributed by atoms with Crippen LogP contribution in [0.1, 0.15) is 17.2 Å². The van der Waals surface area contributed by atoms with Gasteiger partial charge in [0.1, 0.15) is 0 Å². The van der Waals surface area contributed by atoms with Crippen molar-refractivity contribution >= 4 is 5.91 Å². The van der Waals surface area contributed by atoms with Crippen LogP contribution in [-0.2, 0) is 4.79 Å². The highest BCUT2D eigenvalue weighted by Gasteiger charge is 2.24. The lowest BCUT2D eigenvalue weighted by molar-refractivity contribution is -0.141. The first-order valence-electron chi connectivity index (χ1n) is 5.92. The van der Waals surface area contributed by atoms with Gasteiger partial charge in [-0.25, -0.2) is 0 Å². The summed E-state index contributed by atoms with van der Waals surface area (Å²) in [6.07, 6.45) is -1.03. The molecule has 1 aromatic carbocycles. The van der Waals surface area contributed by atoms with Crippen molar-refractivity contribution < 1.29 is 9.90 Å². The molecule has 92 valence electrons. The zero-order valence-electron chi connectivity index (χ0n) is 10.0. The van der Waals surface area contributed by atoms with Crippen molar-refractivity contribution in [1.82, 2.24) is 10.2 Å². The summed E-state index contributed by atoms with van der Waals surface area (Å²) in [5, 5.41) is 13.2. The molecule has 2 rings (SSSR count). The summed E-state index contributed by atoms with van der Waals surface area (Å²) in [5.41, 5.74) is 1.73. The summed E-state index contributed by atoms with van der Waals surface area (Å²) in [7, 11) is 0.